The molecule has 1 aliphatic carbocycles. The SMILES string of the molecule is CCCCC1CC(NC2CC2)CN(CC)C1. The molecular formula is C14H28N2. The van der Waals surface area contributed by atoms with Crippen LogP contribution in [0.1, 0.15) is 52.4 Å². The van der Waals surface area contributed by atoms with Crippen LogP contribution in [0.2, 0.25) is 0 Å². The summed E-state index contributed by atoms with van der Waals surface area (Å²) in [6, 6.07) is 1.65. The van der Waals surface area contributed by atoms with E-state index in [9.17, 15) is 0 Å². The highest BCUT2D eigenvalue weighted by Gasteiger charge is 2.30. The summed E-state index contributed by atoms with van der Waals surface area (Å²) in [6.45, 7) is 8.47. The number of unbranched alkanes of at least 4 members (excludes halogenated alkanes) is 1. The maximum absolute atomic E-state index is 3.82. The molecule has 0 aromatic heterocycles. The average Bonchev–Trinajstić information content (AvgIpc) is 3.10. The molecule has 16 heavy (non-hydrogen) atoms. The summed E-state index contributed by atoms with van der Waals surface area (Å²) >= 11 is 0. The number of rotatable bonds is 6. The van der Waals surface area contributed by atoms with Crippen LogP contribution >= 0.6 is 0 Å². The second-order valence-electron chi connectivity index (χ2n) is 5.73. The third-order valence-corrected chi connectivity index (χ3v) is 4.07. The Morgan fingerprint density at radius 3 is 2.56 bits per heavy atom. The van der Waals surface area contributed by atoms with Crippen molar-refractivity contribution in [3.05, 3.63) is 0 Å². The third kappa shape index (κ3) is 3.74. The van der Waals surface area contributed by atoms with Gasteiger partial charge in [-0.2, -0.15) is 0 Å². The molecule has 0 amide bonds. The van der Waals surface area contributed by atoms with Gasteiger partial charge in [0.25, 0.3) is 0 Å². The number of hydrogen-bond donors (Lipinski definition) is 1. The molecule has 1 aliphatic heterocycles. The molecule has 1 heterocycles. The molecule has 2 rings (SSSR count). The van der Waals surface area contributed by atoms with Gasteiger partial charge in [0.15, 0.2) is 0 Å². The first-order valence-electron chi connectivity index (χ1n) is 7.30. The van der Waals surface area contributed by atoms with E-state index in [4.69, 9.17) is 0 Å². The average molecular weight is 224 g/mol. The van der Waals surface area contributed by atoms with Gasteiger partial charge in [-0.05, 0) is 38.1 Å². The molecule has 0 aromatic rings. The molecule has 0 radical (unpaired) electrons. The number of nitrogens with one attached hydrogen (secondary N) is 1. The van der Waals surface area contributed by atoms with Crippen LogP contribution in [-0.4, -0.2) is 36.6 Å². The lowest BCUT2D eigenvalue weighted by Crippen LogP contribution is -2.49. The minimum absolute atomic E-state index is 0.781. The molecule has 1 saturated heterocycles. The Labute approximate surface area is 101 Å². The van der Waals surface area contributed by atoms with Crippen molar-refractivity contribution in [1.29, 1.82) is 0 Å². The van der Waals surface area contributed by atoms with Gasteiger partial charge < -0.3 is 10.2 Å². The maximum Gasteiger partial charge on any atom is 0.0200 e. The van der Waals surface area contributed by atoms with Crippen LogP contribution in [0.3, 0.4) is 0 Å². The quantitative estimate of drug-likeness (QED) is 0.746. The number of likely N-dealkylation sites (tertiary alicyclic amines) is 1. The number of piperidine rings is 1. The zero-order valence-electron chi connectivity index (χ0n) is 11.0. The summed E-state index contributed by atoms with van der Waals surface area (Å²) in [6.07, 6.45) is 8.47. The minimum Gasteiger partial charge on any atom is -0.310 e. The summed E-state index contributed by atoms with van der Waals surface area (Å²) in [4.78, 5) is 2.64. The van der Waals surface area contributed by atoms with Gasteiger partial charge in [0.05, 0.1) is 0 Å². The highest BCUT2D eigenvalue weighted by atomic mass is 15.2. The highest BCUT2D eigenvalue weighted by Crippen LogP contribution is 2.26. The topological polar surface area (TPSA) is 15.3 Å². The zero-order valence-corrected chi connectivity index (χ0v) is 11.0. The fraction of sp³-hybridized carbons (Fsp3) is 1.00. The normalized spacial score (nSPS) is 31.9. The second kappa shape index (κ2) is 6.02. The predicted octanol–water partition coefficient (Wildman–Crippen LogP) is 2.64. The van der Waals surface area contributed by atoms with Crippen molar-refractivity contribution in [2.24, 2.45) is 5.92 Å². The Morgan fingerprint density at radius 2 is 1.94 bits per heavy atom. The van der Waals surface area contributed by atoms with Gasteiger partial charge in [0, 0.05) is 25.2 Å². The van der Waals surface area contributed by atoms with Crippen LogP contribution in [0.25, 0.3) is 0 Å². The van der Waals surface area contributed by atoms with Gasteiger partial charge in [0.1, 0.15) is 0 Å². The summed E-state index contributed by atoms with van der Waals surface area (Å²) in [5, 5.41) is 3.82. The molecule has 0 aromatic carbocycles. The van der Waals surface area contributed by atoms with Gasteiger partial charge >= 0.3 is 0 Å². The third-order valence-electron chi connectivity index (χ3n) is 4.07. The Balaban J connectivity index is 1.78. The summed E-state index contributed by atoms with van der Waals surface area (Å²) < 4.78 is 0. The standard InChI is InChI=1S/C14H28N2/c1-3-5-6-12-9-14(15-13-7-8-13)11-16(4-2)10-12/h12-15H,3-11H2,1-2H3. The lowest BCUT2D eigenvalue weighted by Gasteiger charge is -2.38. The first-order valence-corrected chi connectivity index (χ1v) is 7.30. The van der Waals surface area contributed by atoms with Crippen LogP contribution in [0.4, 0.5) is 0 Å². The van der Waals surface area contributed by atoms with Crippen molar-refractivity contribution in [1.82, 2.24) is 10.2 Å². The molecule has 2 aliphatic rings. The van der Waals surface area contributed by atoms with Crippen molar-refractivity contribution in [2.45, 2.75) is 64.5 Å². The van der Waals surface area contributed by atoms with E-state index in [1.165, 1.54) is 58.2 Å². The van der Waals surface area contributed by atoms with Crippen molar-refractivity contribution in [3.8, 4) is 0 Å². The van der Waals surface area contributed by atoms with Crippen LogP contribution in [0.5, 0.6) is 0 Å². The smallest absolute Gasteiger partial charge is 0.0200 e. The molecule has 2 nitrogen and oxygen atoms in total. The molecule has 2 heteroatoms. The largest absolute Gasteiger partial charge is 0.310 e. The van der Waals surface area contributed by atoms with Gasteiger partial charge in [-0.3, -0.25) is 0 Å². The van der Waals surface area contributed by atoms with Crippen molar-refractivity contribution in [3.63, 3.8) is 0 Å². The van der Waals surface area contributed by atoms with Crippen molar-refractivity contribution < 1.29 is 0 Å². The van der Waals surface area contributed by atoms with E-state index < -0.39 is 0 Å². The molecule has 2 unspecified atom stereocenters. The van der Waals surface area contributed by atoms with Gasteiger partial charge in [0.2, 0.25) is 0 Å². The van der Waals surface area contributed by atoms with E-state index in [1.54, 1.807) is 0 Å². The molecular weight excluding hydrogens is 196 g/mol. The number of hydrogen-bond acceptors (Lipinski definition) is 2. The van der Waals surface area contributed by atoms with Crippen LogP contribution < -0.4 is 5.32 Å². The fourth-order valence-corrected chi connectivity index (χ4v) is 2.97. The predicted molar refractivity (Wildman–Crippen MR) is 69.7 cm³/mol. The maximum atomic E-state index is 3.82. The molecule has 0 spiro atoms. The van der Waals surface area contributed by atoms with Gasteiger partial charge in [-0.1, -0.05) is 26.7 Å². The number of likely N-dealkylation sites (N-methyl/N-ethyl adjacent to an activating group) is 1. The molecule has 1 saturated carbocycles. The Hall–Kier alpha value is -0.0800. The first kappa shape index (κ1) is 12.4. The van der Waals surface area contributed by atoms with Crippen molar-refractivity contribution >= 4 is 0 Å². The zero-order chi connectivity index (χ0) is 11.4. The van der Waals surface area contributed by atoms with E-state index in [0.717, 1.165) is 18.0 Å². The Bertz CT molecular complexity index is 201. The first-order chi connectivity index (χ1) is 7.81. The number of nitrogens with zero attached hydrogens (tertiary/aromatic N) is 1. The highest BCUT2D eigenvalue weighted by molar-refractivity contribution is 4.90. The molecule has 2 fully saturated rings. The van der Waals surface area contributed by atoms with E-state index in [-0.39, 0.29) is 0 Å². The minimum atomic E-state index is 0.781. The van der Waals surface area contributed by atoms with Gasteiger partial charge in [-0.15, -0.1) is 0 Å². The Morgan fingerprint density at radius 1 is 1.12 bits per heavy atom. The monoisotopic (exact) mass is 224 g/mol. The summed E-state index contributed by atoms with van der Waals surface area (Å²) in [5.41, 5.74) is 0. The van der Waals surface area contributed by atoms with E-state index >= 15 is 0 Å². The van der Waals surface area contributed by atoms with Crippen molar-refractivity contribution in [2.75, 3.05) is 19.6 Å². The van der Waals surface area contributed by atoms with Crippen LogP contribution in [0.15, 0.2) is 0 Å². The van der Waals surface area contributed by atoms with Crippen LogP contribution in [0, 0.1) is 5.92 Å². The second-order valence-corrected chi connectivity index (χ2v) is 5.73. The van der Waals surface area contributed by atoms with E-state index in [1.807, 2.05) is 0 Å². The molecule has 94 valence electrons. The Kier molecular flexibility index (Phi) is 4.66. The van der Waals surface area contributed by atoms with Gasteiger partial charge in [-0.25, -0.2) is 0 Å². The fourth-order valence-electron chi connectivity index (χ4n) is 2.97. The van der Waals surface area contributed by atoms with E-state index in [0.29, 0.717) is 0 Å². The summed E-state index contributed by atoms with van der Waals surface area (Å²) in [5.74, 6) is 0.949. The lowest BCUT2D eigenvalue weighted by molar-refractivity contribution is 0.139. The molecule has 0 bridgehead atoms. The molecule has 1 N–H and O–H groups in total. The summed E-state index contributed by atoms with van der Waals surface area (Å²) in [7, 11) is 0. The van der Waals surface area contributed by atoms with E-state index in [2.05, 4.69) is 24.1 Å². The lowest BCUT2D eigenvalue weighted by atomic mass is 9.90. The molecule has 2 atom stereocenters. The van der Waals surface area contributed by atoms with Crippen LogP contribution in [-0.2, 0) is 0 Å².